The molecule has 0 aromatic heterocycles. The van der Waals surface area contributed by atoms with Gasteiger partial charge in [0.25, 0.3) is 0 Å². The van der Waals surface area contributed by atoms with Crippen LogP contribution in [0, 0.1) is 25.2 Å². The van der Waals surface area contributed by atoms with Crippen molar-refractivity contribution >= 4 is 0 Å². The summed E-state index contributed by atoms with van der Waals surface area (Å²) in [5, 5.41) is 3.76. The van der Waals surface area contributed by atoms with Crippen molar-refractivity contribution in [2.75, 3.05) is 6.54 Å². The van der Waals surface area contributed by atoms with Gasteiger partial charge < -0.3 is 5.32 Å². The van der Waals surface area contributed by atoms with Crippen LogP contribution in [0.2, 0.25) is 0 Å². The van der Waals surface area contributed by atoms with Crippen molar-refractivity contribution in [1.82, 2.24) is 5.32 Å². The summed E-state index contributed by atoms with van der Waals surface area (Å²) in [5.74, 6) is 0.815. The zero-order valence-corrected chi connectivity index (χ0v) is 13.8. The first-order valence-electron chi connectivity index (χ1n) is 8.28. The lowest BCUT2D eigenvalue weighted by atomic mass is 9.78. The van der Waals surface area contributed by atoms with Crippen molar-refractivity contribution in [3.8, 4) is 0 Å². The van der Waals surface area contributed by atoms with Crippen molar-refractivity contribution in [2.45, 2.75) is 66.3 Å². The van der Waals surface area contributed by atoms with E-state index in [4.69, 9.17) is 0 Å². The molecule has 1 saturated carbocycles. The van der Waals surface area contributed by atoms with Gasteiger partial charge >= 0.3 is 0 Å². The Morgan fingerprint density at radius 2 is 1.85 bits per heavy atom. The van der Waals surface area contributed by atoms with Crippen LogP contribution in [0.15, 0.2) is 18.2 Å². The smallest absolute Gasteiger partial charge is 0.0208 e. The van der Waals surface area contributed by atoms with Gasteiger partial charge in [-0.15, -0.1) is 0 Å². The van der Waals surface area contributed by atoms with E-state index in [2.05, 4.69) is 51.2 Å². The van der Waals surface area contributed by atoms with Gasteiger partial charge in [0.2, 0.25) is 0 Å². The molecule has 1 aliphatic carbocycles. The molecule has 1 nitrogen and oxygen atoms in total. The molecule has 0 spiro atoms. The molecule has 0 atom stereocenters. The summed E-state index contributed by atoms with van der Waals surface area (Å²) in [4.78, 5) is 0. The minimum absolute atomic E-state index is 0.575. The van der Waals surface area contributed by atoms with E-state index in [1.165, 1.54) is 55.3 Å². The molecule has 0 radical (unpaired) electrons. The van der Waals surface area contributed by atoms with E-state index in [0.717, 1.165) is 12.5 Å². The fourth-order valence-corrected chi connectivity index (χ4v) is 3.91. The molecular formula is C19H31N. The van der Waals surface area contributed by atoms with Crippen molar-refractivity contribution in [1.29, 1.82) is 0 Å². The number of benzene rings is 1. The summed E-state index contributed by atoms with van der Waals surface area (Å²) in [6.07, 6.45) is 7.08. The van der Waals surface area contributed by atoms with E-state index in [-0.39, 0.29) is 0 Å². The molecule has 1 aromatic carbocycles. The van der Waals surface area contributed by atoms with Crippen LogP contribution in [0.25, 0.3) is 0 Å². The lowest BCUT2D eigenvalue weighted by molar-refractivity contribution is 0.223. The molecule has 2 rings (SSSR count). The van der Waals surface area contributed by atoms with Crippen LogP contribution < -0.4 is 5.32 Å². The van der Waals surface area contributed by atoms with Gasteiger partial charge in [0.1, 0.15) is 0 Å². The lowest BCUT2D eigenvalue weighted by Gasteiger charge is -2.31. The average molecular weight is 273 g/mol. The molecule has 1 aliphatic rings. The van der Waals surface area contributed by atoms with Crippen LogP contribution in [0.3, 0.4) is 0 Å². The van der Waals surface area contributed by atoms with Crippen LogP contribution in [-0.2, 0) is 6.54 Å². The van der Waals surface area contributed by atoms with Crippen LogP contribution >= 0.6 is 0 Å². The quantitative estimate of drug-likeness (QED) is 0.769. The third-order valence-corrected chi connectivity index (χ3v) is 5.04. The molecule has 0 heterocycles. The van der Waals surface area contributed by atoms with Gasteiger partial charge in [0.05, 0.1) is 0 Å². The first-order valence-corrected chi connectivity index (χ1v) is 8.28. The maximum atomic E-state index is 3.76. The largest absolute Gasteiger partial charge is 0.312 e. The Labute approximate surface area is 125 Å². The molecule has 0 saturated heterocycles. The molecule has 0 bridgehead atoms. The van der Waals surface area contributed by atoms with Crippen LogP contribution in [0.4, 0.5) is 0 Å². The number of rotatable bonds is 6. The van der Waals surface area contributed by atoms with Crippen LogP contribution in [0.5, 0.6) is 0 Å². The highest BCUT2D eigenvalue weighted by molar-refractivity contribution is 5.32. The Kier molecular flexibility index (Phi) is 5.26. The Balaban J connectivity index is 1.92. The normalized spacial score (nSPS) is 17.9. The summed E-state index contributed by atoms with van der Waals surface area (Å²) in [7, 11) is 0. The van der Waals surface area contributed by atoms with Gasteiger partial charge in [0.15, 0.2) is 0 Å². The fraction of sp³-hybridized carbons (Fsp3) is 0.684. The molecule has 1 fully saturated rings. The van der Waals surface area contributed by atoms with Crippen molar-refractivity contribution in [3.63, 3.8) is 0 Å². The Hall–Kier alpha value is -0.820. The summed E-state index contributed by atoms with van der Waals surface area (Å²) >= 11 is 0. The third kappa shape index (κ3) is 3.85. The predicted octanol–water partition coefficient (Wildman–Crippen LogP) is 5.00. The Morgan fingerprint density at radius 1 is 1.15 bits per heavy atom. The van der Waals surface area contributed by atoms with Gasteiger partial charge in [0, 0.05) is 13.1 Å². The highest BCUT2D eigenvalue weighted by Gasteiger charge is 2.33. The lowest BCUT2D eigenvalue weighted by Crippen LogP contribution is -2.33. The first-order chi connectivity index (χ1) is 9.52. The number of hydrogen-bond donors (Lipinski definition) is 1. The molecule has 20 heavy (non-hydrogen) atoms. The standard InChI is InChI=1S/C19H31N/c1-15(2)12-19(10-5-6-11-19)14-20-13-18-9-7-8-16(3)17(18)4/h7-9,15,20H,5-6,10-14H2,1-4H3. The second-order valence-electron chi connectivity index (χ2n) is 7.27. The fourth-order valence-electron chi connectivity index (χ4n) is 3.91. The summed E-state index contributed by atoms with van der Waals surface area (Å²) in [6.45, 7) is 11.4. The van der Waals surface area contributed by atoms with Crippen molar-refractivity contribution in [3.05, 3.63) is 34.9 Å². The van der Waals surface area contributed by atoms with Gasteiger partial charge in [-0.05, 0) is 61.1 Å². The highest BCUT2D eigenvalue weighted by atomic mass is 14.9. The van der Waals surface area contributed by atoms with E-state index in [1.54, 1.807) is 0 Å². The SMILES string of the molecule is Cc1cccc(CNCC2(CC(C)C)CCCC2)c1C. The topological polar surface area (TPSA) is 12.0 Å². The van der Waals surface area contributed by atoms with E-state index in [1.807, 2.05) is 0 Å². The average Bonchev–Trinajstić information content (AvgIpc) is 2.82. The zero-order valence-electron chi connectivity index (χ0n) is 13.8. The van der Waals surface area contributed by atoms with E-state index in [0.29, 0.717) is 5.41 Å². The summed E-state index contributed by atoms with van der Waals surface area (Å²) < 4.78 is 0. The Morgan fingerprint density at radius 3 is 2.50 bits per heavy atom. The van der Waals surface area contributed by atoms with E-state index in [9.17, 15) is 0 Å². The van der Waals surface area contributed by atoms with Crippen molar-refractivity contribution in [2.24, 2.45) is 11.3 Å². The second-order valence-corrected chi connectivity index (χ2v) is 7.27. The number of aryl methyl sites for hydroxylation is 1. The minimum Gasteiger partial charge on any atom is -0.312 e. The maximum absolute atomic E-state index is 3.76. The van der Waals surface area contributed by atoms with Crippen LogP contribution in [-0.4, -0.2) is 6.54 Å². The highest BCUT2D eigenvalue weighted by Crippen LogP contribution is 2.42. The molecule has 112 valence electrons. The van der Waals surface area contributed by atoms with E-state index < -0.39 is 0 Å². The minimum atomic E-state index is 0.575. The van der Waals surface area contributed by atoms with Gasteiger partial charge in [-0.2, -0.15) is 0 Å². The zero-order chi connectivity index (χ0) is 14.6. The summed E-state index contributed by atoms with van der Waals surface area (Å²) in [6, 6.07) is 6.65. The maximum Gasteiger partial charge on any atom is 0.0208 e. The van der Waals surface area contributed by atoms with Gasteiger partial charge in [-0.25, -0.2) is 0 Å². The van der Waals surface area contributed by atoms with Crippen molar-refractivity contribution < 1.29 is 0 Å². The molecule has 1 heteroatoms. The molecule has 0 unspecified atom stereocenters. The molecule has 0 aliphatic heterocycles. The third-order valence-electron chi connectivity index (χ3n) is 5.04. The number of hydrogen-bond acceptors (Lipinski definition) is 1. The molecule has 0 amide bonds. The molecular weight excluding hydrogens is 242 g/mol. The second kappa shape index (κ2) is 6.76. The molecule has 1 N–H and O–H groups in total. The van der Waals surface area contributed by atoms with Crippen LogP contribution in [0.1, 0.15) is 62.6 Å². The molecule has 1 aromatic rings. The van der Waals surface area contributed by atoms with Gasteiger partial charge in [-0.3, -0.25) is 0 Å². The van der Waals surface area contributed by atoms with E-state index >= 15 is 0 Å². The number of nitrogens with one attached hydrogen (secondary N) is 1. The Bertz CT molecular complexity index is 427. The monoisotopic (exact) mass is 273 g/mol. The van der Waals surface area contributed by atoms with Gasteiger partial charge in [-0.1, -0.05) is 44.9 Å². The summed E-state index contributed by atoms with van der Waals surface area (Å²) in [5.41, 5.74) is 4.89. The predicted molar refractivity (Wildman–Crippen MR) is 88.0 cm³/mol. The first kappa shape index (κ1) is 15.6.